The second-order valence-corrected chi connectivity index (χ2v) is 7.16. The van der Waals surface area contributed by atoms with E-state index in [0.717, 1.165) is 11.3 Å². The van der Waals surface area contributed by atoms with Gasteiger partial charge in [-0.25, -0.2) is 28.0 Å². The van der Waals surface area contributed by atoms with Crippen LogP contribution >= 0.6 is 0 Å². The SMILES string of the molecule is CCOC(=O)C1=C(c2ccccc2)C(C(=O)OCC)C(C)=[N+](C)C1C.[O-][Cl+3]([O-])([O-])[O-]. The number of nitrogens with zero attached hydrogens (tertiary/aromatic N) is 1. The second-order valence-electron chi connectivity index (χ2n) is 6.41. The van der Waals surface area contributed by atoms with Crippen molar-refractivity contribution < 1.29 is 52.5 Å². The van der Waals surface area contributed by atoms with Crippen LogP contribution in [0.4, 0.5) is 0 Å². The van der Waals surface area contributed by atoms with Crippen molar-refractivity contribution in [3.05, 3.63) is 41.5 Å². The summed E-state index contributed by atoms with van der Waals surface area (Å²) in [6, 6.07) is 9.32. The molecule has 0 saturated carbocycles. The van der Waals surface area contributed by atoms with Crippen LogP contribution in [0.3, 0.4) is 0 Å². The molecule has 2 atom stereocenters. The Kier molecular flexibility index (Phi) is 9.60. The van der Waals surface area contributed by atoms with Gasteiger partial charge in [0.05, 0.1) is 13.2 Å². The normalized spacial score (nSPS) is 19.1. The topological polar surface area (TPSA) is 148 Å². The predicted molar refractivity (Wildman–Crippen MR) is 96.4 cm³/mol. The summed E-state index contributed by atoms with van der Waals surface area (Å²) in [5, 5.41) is 0. The summed E-state index contributed by atoms with van der Waals surface area (Å²) in [6.07, 6.45) is 0. The highest BCUT2D eigenvalue weighted by Crippen LogP contribution is 2.35. The van der Waals surface area contributed by atoms with E-state index in [0.29, 0.717) is 17.8 Å². The van der Waals surface area contributed by atoms with Crippen molar-refractivity contribution in [2.75, 3.05) is 20.3 Å². The van der Waals surface area contributed by atoms with Crippen LogP contribution in [0.5, 0.6) is 0 Å². The van der Waals surface area contributed by atoms with E-state index >= 15 is 0 Å². The fourth-order valence-electron chi connectivity index (χ4n) is 3.24. The number of esters is 2. The first kappa shape index (κ1) is 25.7. The van der Waals surface area contributed by atoms with E-state index in [2.05, 4.69) is 0 Å². The van der Waals surface area contributed by atoms with Crippen LogP contribution in [0, 0.1) is 16.2 Å². The van der Waals surface area contributed by atoms with Gasteiger partial charge < -0.3 is 9.47 Å². The van der Waals surface area contributed by atoms with Gasteiger partial charge in [-0.1, -0.05) is 30.3 Å². The van der Waals surface area contributed by atoms with Gasteiger partial charge in [0.25, 0.3) is 0 Å². The number of hydrogen-bond acceptors (Lipinski definition) is 8. The Hall–Kier alpha value is -2.30. The number of ether oxygens (including phenoxy) is 2. The van der Waals surface area contributed by atoms with E-state index in [-0.39, 0.29) is 24.6 Å². The zero-order valence-corrected chi connectivity index (χ0v) is 18.3. The number of hydrogen-bond donors (Lipinski definition) is 0. The predicted octanol–water partition coefficient (Wildman–Crippen LogP) is -2.07. The molecule has 0 N–H and O–H groups in total. The van der Waals surface area contributed by atoms with Gasteiger partial charge in [0.2, 0.25) is 0 Å². The van der Waals surface area contributed by atoms with Gasteiger partial charge in [-0.05, 0) is 19.4 Å². The molecule has 1 aromatic carbocycles. The zero-order chi connectivity index (χ0) is 23.1. The summed E-state index contributed by atoms with van der Waals surface area (Å²) in [4.78, 5) is 25.4. The van der Waals surface area contributed by atoms with E-state index in [1.807, 2.05) is 55.8 Å². The molecule has 1 aliphatic heterocycles. The minimum absolute atomic E-state index is 0.195. The van der Waals surface area contributed by atoms with Crippen LogP contribution in [0.2, 0.25) is 0 Å². The zero-order valence-electron chi connectivity index (χ0n) is 17.5. The third-order valence-electron chi connectivity index (χ3n) is 4.65. The van der Waals surface area contributed by atoms with Crippen molar-refractivity contribution in [1.29, 1.82) is 0 Å². The molecule has 0 aromatic heterocycles. The summed E-state index contributed by atoms with van der Waals surface area (Å²) in [5.74, 6) is -1.36. The van der Waals surface area contributed by atoms with Crippen molar-refractivity contribution in [1.82, 2.24) is 0 Å². The minimum atomic E-state index is -4.94. The van der Waals surface area contributed by atoms with Crippen LogP contribution in [0.15, 0.2) is 35.9 Å². The lowest BCUT2D eigenvalue weighted by molar-refractivity contribution is -2.00. The van der Waals surface area contributed by atoms with E-state index < -0.39 is 16.2 Å². The molecule has 0 aliphatic carbocycles. The summed E-state index contributed by atoms with van der Waals surface area (Å²) in [7, 11) is -3.06. The van der Waals surface area contributed by atoms with E-state index in [9.17, 15) is 9.59 Å². The van der Waals surface area contributed by atoms with Crippen LogP contribution in [-0.4, -0.2) is 48.5 Å². The number of likely N-dealkylation sites (N-methyl/N-ethyl adjacent to an activating group) is 1. The number of benzene rings is 1. The molecule has 2 rings (SSSR count). The van der Waals surface area contributed by atoms with Crippen LogP contribution < -0.4 is 18.6 Å². The van der Waals surface area contributed by atoms with Gasteiger partial charge >= 0.3 is 11.9 Å². The first-order valence-electron chi connectivity index (χ1n) is 9.25. The maximum Gasteiger partial charge on any atom is 0.341 e. The molecule has 1 heterocycles. The maximum atomic E-state index is 12.7. The molecule has 9 nitrogen and oxygen atoms in total. The molecule has 0 radical (unpaired) electrons. The first-order valence-corrected chi connectivity index (χ1v) is 10.5. The lowest BCUT2D eigenvalue weighted by Gasteiger charge is -2.28. The Morgan fingerprint density at radius 1 is 1.03 bits per heavy atom. The average molecular weight is 444 g/mol. The molecular formula is C20H26ClNO8. The minimum Gasteiger partial charge on any atom is -0.465 e. The molecule has 0 fully saturated rings. The highest BCUT2D eigenvalue weighted by Gasteiger charge is 2.44. The molecular weight excluding hydrogens is 418 g/mol. The molecule has 0 amide bonds. The quantitative estimate of drug-likeness (QED) is 0.372. The molecule has 1 aliphatic rings. The van der Waals surface area contributed by atoms with E-state index in [4.69, 9.17) is 28.1 Å². The molecule has 30 heavy (non-hydrogen) atoms. The second kappa shape index (κ2) is 11.2. The summed E-state index contributed by atoms with van der Waals surface area (Å²) >= 11 is 0. The van der Waals surface area contributed by atoms with Crippen molar-refractivity contribution >= 4 is 23.2 Å². The van der Waals surface area contributed by atoms with Gasteiger partial charge in [-0.2, -0.15) is 0 Å². The van der Waals surface area contributed by atoms with Gasteiger partial charge in [-0.3, -0.25) is 4.79 Å². The molecule has 0 bridgehead atoms. The Balaban J connectivity index is 0.000000804. The van der Waals surface area contributed by atoms with Crippen LogP contribution in [0.1, 0.15) is 33.3 Å². The molecule has 0 spiro atoms. The lowest BCUT2D eigenvalue weighted by atomic mass is 9.80. The number of carbonyl (C=O) groups is 2. The Bertz CT molecular complexity index is 808. The van der Waals surface area contributed by atoms with Gasteiger partial charge in [0.1, 0.15) is 12.6 Å². The van der Waals surface area contributed by atoms with Crippen molar-refractivity contribution in [2.45, 2.75) is 33.7 Å². The monoisotopic (exact) mass is 443 g/mol. The third-order valence-corrected chi connectivity index (χ3v) is 4.65. The molecule has 0 saturated heterocycles. The highest BCUT2D eigenvalue weighted by atomic mass is 35.7. The number of rotatable bonds is 5. The molecule has 166 valence electrons. The Labute approximate surface area is 177 Å². The van der Waals surface area contributed by atoms with Gasteiger partial charge in [0.15, 0.2) is 17.7 Å². The van der Waals surface area contributed by atoms with Crippen LogP contribution in [0.25, 0.3) is 5.57 Å². The maximum absolute atomic E-state index is 12.7. The van der Waals surface area contributed by atoms with E-state index in [1.165, 1.54) is 0 Å². The molecule has 10 heteroatoms. The van der Waals surface area contributed by atoms with Gasteiger partial charge in [0, 0.05) is 19.4 Å². The third kappa shape index (κ3) is 6.89. The standard InChI is InChI=1S/C20H26NO4.ClHO4/c1-6-24-19(22)16-13(3)21(5)14(4)17(20(23)25-7-2)18(16)15-11-9-8-10-12-15;2-1(3,4)5/h8-13,17H,6-7H2,1-5H3;(H,2,3,4,5)/q+1;/p-1. The summed E-state index contributed by atoms with van der Waals surface area (Å²) < 4.78 is 46.5. The van der Waals surface area contributed by atoms with E-state index in [1.54, 1.807) is 13.8 Å². The average Bonchev–Trinajstić information content (AvgIpc) is 2.65. The highest BCUT2D eigenvalue weighted by molar-refractivity contribution is 6.15. The largest absolute Gasteiger partial charge is 0.465 e. The van der Waals surface area contributed by atoms with Crippen molar-refractivity contribution in [3.63, 3.8) is 0 Å². The van der Waals surface area contributed by atoms with Crippen LogP contribution in [-0.2, 0) is 19.1 Å². The first-order chi connectivity index (χ1) is 13.9. The Morgan fingerprint density at radius 2 is 1.53 bits per heavy atom. The van der Waals surface area contributed by atoms with Crippen molar-refractivity contribution in [3.8, 4) is 0 Å². The fourth-order valence-corrected chi connectivity index (χ4v) is 3.24. The lowest BCUT2D eigenvalue weighted by Crippen LogP contribution is -2.68. The fraction of sp³-hybridized carbons (Fsp3) is 0.450. The Morgan fingerprint density at radius 3 is 2.00 bits per heavy atom. The molecule has 2 unspecified atom stereocenters. The summed E-state index contributed by atoms with van der Waals surface area (Å²) in [6.45, 7) is 7.98. The van der Waals surface area contributed by atoms with Gasteiger partial charge in [-0.15, -0.1) is 10.2 Å². The number of carbonyl (C=O) groups excluding carboxylic acids is 2. The smallest absolute Gasteiger partial charge is 0.341 e. The molecule has 1 aromatic rings. The van der Waals surface area contributed by atoms with Crippen molar-refractivity contribution in [2.24, 2.45) is 5.92 Å². The summed E-state index contributed by atoms with van der Waals surface area (Å²) in [5.41, 5.74) is 2.89. The number of halogens is 1.